The monoisotopic (exact) mass is 393 g/mol. The fourth-order valence-corrected chi connectivity index (χ4v) is 5.32. The molecule has 3 atom stereocenters. The summed E-state index contributed by atoms with van der Waals surface area (Å²) in [6, 6.07) is 19.5. The first-order chi connectivity index (χ1) is 14.2. The molecule has 29 heavy (non-hydrogen) atoms. The Labute approximate surface area is 173 Å². The van der Waals surface area contributed by atoms with E-state index in [1.807, 2.05) is 25.1 Å². The number of carbonyl (C=O) groups excluding carboxylic acids is 1. The van der Waals surface area contributed by atoms with E-state index in [9.17, 15) is 4.79 Å². The predicted molar refractivity (Wildman–Crippen MR) is 114 cm³/mol. The molecule has 0 aromatic heterocycles. The van der Waals surface area contributed by atoms with Crippen molar-refractivity contribution in [3.05, 3.63) is 65.7 Å². The van der Waals surface area contributed by atoms with Gasteiger partial charge in [0.2, 0.25) is 0 Å². The molecule has 2 fully saturated rings. The second kappa shape index (κ2) is 8.58. The highest BCUT2D eigenvalue weighted by molar-refractivity contribution is 5.84. The summed E-state index contributed by atoms with van der Waals surface area (Å²) in [6.07, 6.45) is 5.02. The third kappa shape index (κ3) is 3.91. The topological polar surface area (TPSA) is 38.8 Å². The van der Waals surface area contributed by atoms with Crippen LogP contribution in [0.2, 0.25) is 0 Å². The molecule has 2 aliphatic heterocycles. The summed E-state index contributed by atoms with van der Waals surface area (Å²) >= 11 is 0. The maximum atomic E-state index is 13.2. The number of methoxy groups -OCH3 is 1. The van der Waals surface area contributed by atoms with Crippen molar-refractivity contribution in [2.24, 2.45) is 0 Å². The zero-order valence-electron chi connectivity index (χ0n) is 17.5. The van der Waals surface area contributed by atoms with Crippen LogP contribution in [0, 0.1) is 0 Å². The summed E-state index contributed by atoms with van der Waals surface area (Å²) in [6.45, 7) is 3.36. The number of hydrogen-bond acceptors (Lipinski definition) is 4. The average Bonchev–Trinajstić information content (AvgIpc) is 3.01. The molecule has 2 aromatic carbocycles. The number of hydrogen-bond donors (Lipinski definition) is 0. The van der Waals surface area contributed by atoms with Crippen LogP contribution in [0.4, 0.5) is 0 Å². The number of piperidine rings is 1. The second-order valence-corrected chi connectivity index (χ2v) is 8.30. The molecule has 0 radical (unpaired) electrons. The SMILES string of the molecule is CCOC(=O)C1(c2cccc(OC)c2)C[C@H]2CC[C@@H](C1)N2CCc1ccccc1. The van der Waals surface area contributed by atoms with Gasteiger partial charge >= 0.3 is 5.97 Å². The molecule has 4 nitrogen and oxygen atoms in total. The van der Waals surface area contributed by atoms with Gasteiger partial charge in [0.25, 0.3) is 0 Å². The third-order valence-corrected chi connectivity index (χ3v) is 6.73. The minimum atomic E-state index is -0.570. The lowest BCUT2D eigenvalue weighted by Crippen LogP contribution is -2.53. The van der Waals surface area contributed by atoms with Crippen molar-refractivity contribution >= 4 is 5.97 Å². The summed E-state index contributed by atoms with van der Waals surface area (Å²) < 4.78 is 11.0. The smallest absolute Gasteiger partial charge is 0.316 e. The number of fused-ring (bicyclic) bond motifs is 2. The fraction of sp³-hybridized carbons (Fsp3) is 0.480. The summed E-state index contributed by atoms with van der Waals surface area (Å²) in [5.41, 5.74) is 1.84. The highest BCUT2D eigenvalue weighted by Crippen LogP contribution is 2.48. The van der Waals surface area contributed by atoms with Gasteiger partial charge in [-0.1, -0.05) is 42.5 Å². The van der Waals surface area contributed by atoms with Crippen molar-refractivity contribution in [3.8, 4) is 5.75 Å². The summed E-state index contributed by atoms with van der Waals surface area (Å²) in [5, 5.41) is 0. The van der Waals surface area contributed by atoms with Crippen LogP contribution in [-0.2, 0) is 21.4 Å². The highest BCUT2D eigenvalue weighted by Gasteiger charge is 2.53. The molecule has 2 heterocycles. The minimum absolute atomic E-state index is 0.0761. The molecule has 4 rings (SSSR count). The van der Waals surface area contributed by atoms with Crippen molar-refractivity contribution in [2.75, 3.05) is 20.3 Å². The molecule has 0 amide bonds. The molecule has 2 aliphatic rings. The van der Waals surface area contributed by atoms with E-state index in [2.05, 4.69) is 41.3 Å². The standard InChI is InChI=1S/C25H31NO3/c1-3-29-24(27)25(20-10-7-11-23(16-20)28-2)17-21-12-13-22(18-25)26(21)15-14-19-8-5-4-6-9-19/h4-11,16,21-22H,3,12-15,17-18H2,1-2H3/t21-,22+,25?. The van der Waals surface area contributed by atoms with E-state index >= 15 is 0 Å². The Hall–Kier alpha value is -2.33. The van der Waals surface area contributed by atoms with Gasteiger partial charge in [-0.2, -0.15) is 0 Å². The van der Waals surface area contributed by atoms with Crippen molar-refractivity contribution in [1.82, 2.24) is 4.90 Å². The first-order valence-electron chi connectivity index (χ1n) is 10.8. The van der Waals surface area contributed by atoms with E-state index in [0.717, 1.165) is 50.0 Å². The fourth-order valence-electron chi connectivity index (χ4n) is 5.32. The van der Waals surface area contributed by atoms with Crippen LogP contribution in [-0.4, -0.2) is 43.2 Å². The Morgan fingerprint density at radius 3 is 2.45 bits per heavy atom. The molecule has 0 spiro atoms. The van der Waals surface area contributed by atoms with Crippen LogP contribution in [0.15, 0.2) is 54.6 Å². The van der Waals surface area contributed by atoms with Crippen LogP contribution < -0.4 is 4.74 Å². The quantitative estimate of drug-likeness (QED) is 0.655. The normalized spacial score (nSPS) is 26.3. The molecule has 2 aromatic rings. The van der Waals surface area contributed by atoms with E-state index in [-0.39, 0.29) is 5.97 Å². The molecule has 0 saturated carbocycles. The van der Waals surface area contributed by atoms with Crippen LogP contribution in [0.3, 0.4) is 0 Å². The number of nitrogens with zero attached hydrogens (tertiary/aromatic N) is 1. The molecule has 154 valence electrons. The van der Waals surface area contributed by atoms with Crippen molar-refractivity contribution in [1.29, 1.82) is 0 Å². The van der Waals surface area contributed by atoms with Gasteiger partial charge in [0.1, 0.15) is 5.75 Å². The predicted octanol–water partition coefficient (Wildman–Crippen LogP) is 4.37. The Balaban J connectivity index is 1.58. The zero-order chi connectivity index (χ0) is 20.3. The van der Waals surface area contributed by atoms with Crippen LogP contribution in [0.1, 0.15) is 43.7 Å². The lowest BCUT2D eigenvalue weighted by atomic mass is 9.69. The first-order valence-corrected chi connectivity index (χ1v) is 10.8. The van der Waals surface area contributed by atoms with Crippen LogP contribution >= 0.6 is 0 Å². The Kier molecular flexibility index (Phi) is 5.91. The van der Waals surface area contributed by atoms with Crippen molar-refractivity contribution in [2.45, 2.75) is 56.5 Å². The van der Waals surface area contributed by atoms with E-state index in [1.54, 1.807) is 7.11 Å². The van der Waals surface area contributed by atoms with Gasteiger partial charge in [0.05, 0.1) is 19.1 Å². The molecule has 2 bridgehead atoms. The number of ether oxygens (including phenoxy) is 2. The van der Waals surface area contributed by atoms with Crippen molar-refractivity contribution < 1.29 is 14.3 Å². The zero-order valence-corrected chi connectivity index (χ0v) is 17.5. The maximum Gasteiger partial charge on any atom is 0.316 e. The lowest BCUT2D eigenvalue weighted by Gasteiger charge is -2.45. The molecule has 4 heteroatoms. The van der Waals surface area contributed by atoms with E-state index in [0.29, 0.717) is 18.7 Å². The molecule has 0 aliphatic carbocycles. The first kappa shape index (κ1) is 20.0. The van der Waals surface area contributed by atoms with Gasteiger partial charge in [0, 0.05) is 18.6 Å². The van der Waals surface area contributed by atoms with Gasteiger partial charge in [-0.25, -0.2) is 0 Å². The van der Waals surface area contributed by atoms with Crippen LogP contribution in [0.5, 0.6) is 5.75 Å². The molecule has 2 saturated heterocycles. The largest absolute Gasteiger partial charge is 0.497 e. The summed E-state index contributed by atoms with van der Waals surface area (Å²) in [5.74, 6) is 0.720. The van der Waals surface area contributed by atoms with E-state index in [1.165, 1.54) is 5.56 Å². The Bertz CT molecular complexity index is 821. The molecule has 1 unspecified atom stereocenters. The van der Waals surface area contributed by atoms with Gasteiger partial charge in [-0.3, -0.25) is 9.69 Å². The van der Waals surface area contributed by atoms with Gasteiger partial charge < -0.3 is 9.47 Å². The summed E-state index contributed by atoms with van der Waals surface area (Å²) in [7, 11) is 1.67. The Morgan fingerprint density at radius 1 is 1.07 bits per heavy atom. The van der Waals surface area contributed by atoms with Gasteiger partial charge in [-0.15, -0.1) is 0 Å². The highest BCUT2D eigenvalue weighted by atomic mass is 16.5. The second-order valence-electron chi connectivity index (χ2n) is 8.30. The number of carbonyl (C=O) groups is 1. The number of esters is 1. The molecular formula is C25H31NO3. The Morgan fingerprint density at radius 2 is 1.79 bits per heavy atom. The van der Waals surface area contributed by atoms with Crippen LogP contribution in [0.25, 0.3) is 0 Å². The molecular weight excluding hydrogens is 362 g/mol. The minimum Gasteiger partial charge on any atom is -0.497 e. The van der Waals surface area contributed by atoms with E-state index in [4.69, 9.17) is 9.47 Å². The lowest BCUT2D eigenvalue weighted by molar-refractivity contribution is -0.153. The van der Waals surface area contributed by atoms with Gasteiger partial charge in [-0.05, 0) is 62.3 Å². The van der Waals surface area contributed by atoms with E-state index < -0.39 is 5.41 Å². The maximum absolute atomic E-state index is 13.2. The number of rotatable bonds is 7. The third-order valence-electron chi connectivity index (χ3n) is 6.73. The molecule has 0 N–H and O–H groups in total. The number of benzene rings is 2. The average molecular weight is 394 g/mol. The summed E-state index contributed by atoms with van der Waals surface area (Å²) in [4.78, 5) is 15.9. The van der Waals surface area contributed by atoms with Crippen molar-refractivity contribution in [3.63, 3.8) is 0 Å². The van der Waals surface area contributed by atoms with Gasteiger partial charge in [0.15, 0.2) is 0 Å².